The van der Waals surface area contributed by atoms with Crippen molar-refractivity contribution in [2.45, 2.75) is 0 Å². The largest absolute Gasteiger partial charge is 0.872 e. The van der Waals surface area contributed by atoms with Gasteiger partial charge in [0, 0.05) is 0 Å². The third-order valence-electron chi connectivity index (χ3n) is 4.74. The van der Waals surface area contributed by atoms with E-state index in [2.05, 4.69) is 36.4 Å². The SMILES string of the molecule is [O-]c1ccc(O)c([P+](c2ccccc2)(c2ccccc2)c2ccccc2)c1. The summed E-state index contributed by atoms with van der Waals surface area (Å²) in [6.45, 7) is 0. The zero-order chi connectivity index (χ0) is 18.7. The van der Waals surface area contributed by atoms with Gasteiger partial charge >= 0.3 is 0 Å². The second-order valence-corrected chi connectivity index (χ2v) is 9.70. The van der Waals surface area contributed by atoms with Crippen LogP contribution in [-0.4, -0.2) is 5.11 Å². The normalized spacial score (nSPS) is 11.3. The molecule has 0 unspecified atom stereocenters. The minimum Gasteiger partial charge on any atom is -0.872 e. The summed E-state index contributed by atoms with van der Waals surface area (Å²) in [6.07, 6.45) is 0. The van der Waals surface area contributed by atoms with Crippen molar-refractivity contribution in [3.8, 4) is 11.5 Å². The topological polar surface area (TPSA) is 43.3 Å². The number of phenols is 1. The van der Waals surface area contributed by atoms with Crippen molar-refractivity contribution < 1.29 is 10.2 Å². The molecule has 0 atom stereocenters. The first-order valence-electron chi connectivity index (χ1n) is 8.79. The monoisotopic (exact) mass is 370 g/mol. The van der Waals surface area contributed by atoms with Crippen molar-refractivity contribution in [1.82, 2.24) is 0 Å². The molecule has 3 heteroatoms. The van der Waals surface area contributed by atoms with Crippen LogP contribution in [-0.2, 0) is 0 Å². The van der Waals surface area contributed by atoms with Crippen LogP contribution in [0.2, 0.25) is 0 Å². The standard InChI is InChI=1S/C24H19O2P/c25-19-16-17-23(26)24(18-19)27(20-10-4-1-5-11-20,21-12-6-2-7-13-21)22-14-8-3-9-15-22/h1-18H,(H-,25,26). The zero-order valence-electron chi connectivity index (χ0n) is 14.7. The lowest BCUT2D eigenvalue weighted by atomic mass is 10.3. The van der Waals surface area contributed by atoms with Crippen molar-refractivity contribution in [2.75, 3.05) is 0 Å². The van der Waals surface area contributed by atoms with Crippen LogP contribution < -0.4 is 26.3 Å². The molecule has 2 nitrogen and oxygen atoms in total. The number of aromatic hydroxyl groups is 1. The molecule has 0 bridgehead atoms. The molecule has 0 saturated heterocycles. The minimum absolute atomic E-state index is 0.102. The maximum Gasteiger partial charge on any atom is 0.159 e. The molecule has 132 valence electrons. The number of benzene rings is 4. The van der Waals surface area contributed by atoms with Crippen LogP contribution in [0.4, 0.5) is 0 Å². The van der Waals surface area contributed by atoms with Gasteiger partial charge in [0.25, 0.3) is 0 Å². The highest BCUT2D eigenvalue weighted by Gasteiger charge is 2.49. The van der Waals surface area contributed by atoms with Crippen LogP contribution >= 0.6 is 7.26 Å². The van der Waals surface area contributed by atoms with E-state index in [0.29, 0.717) is 5.30 Å². The third-order valence-corrected chi connectivity index (χ3v) is 9.04. The van der Waals surface area contributed by atoms with Crippen LogP contribution in [0.3, 0.4) is 0 Å². The first-order chi connectivity index (χ1) is 13.2. The second-order valence-electron chi connectivity index (χ2n) is 6.33. The van der Waals surface area contributed by atoms with Gasteiger partial charge < -0.3 is 10.2 Å². The molecule has 0 aliphatic rings. The van der Waals surface area contributed by atoms with Crippen molar-refractivity contribution in [2.24, 2.45) is 0 Å². The zero-order valence-corrected chi connectivity index (χ0v) is 15.6. The molecule has 0 spiro atoms. The summed E-state index contributed by atoms with van der Waals surface area (Å²) in [5.41, 5.74) is 0. The maximum absolute atomic E-state index is 12.3. The van der Waals surface area contributed by atoms with Crippen LogP contribution in [0, 0.1) is 0 Å². The first-order valence-corrected chi connectivity index (χ1v) is 10.6. The Balaban J connectivity index is 2.18. The van der Waals surface area contributed by atoms with E-state index < -0.39 is 7.26 Å². The Kier molecular flexibility index (Phi) is 4.66. The molecule has 0 amide bonds. The van der Waals surface area contributed by atoms with Gasteiger partial charge in [-0.05, 0) is 48.5 Å². The fourth-order valence-electron chi connectivity index (χ4n) is 3.59. The van der Waals surface area contributed by atoms with E-state index in [1.165, 1.54) is 12.1 Å². The summed E-state index contributed by atoms with van der Waals surface area (Å²) in [4.78, 5) is 0. The highest BCUT2D eigenvalue weighted by atomic mass is 31.2. The Bertz CT molecular complexity index is 935. The summed E-state index contributed by atoms with van der Waals surface area (Å²) in [5.74, 6) is 0.0504. The van der Waals surface area contributed by atoms with Gasteiger partial charge in [-0.1, -0.05) is 60.7 Å². The van der Waals surface area contributed by atoms with Crippen molar-refractivity contribution in [1.29, 1.82) is 0 Å². The number of hydrogen-bond acceptors (Lipinski definition) is 2. The lowest BCUT2D eigenvalue weighted by Crippen LogP contribution is -2.38. The molecule has 27 heavy (non-hydrogen) atoms. The Morgan fingerprint density at radius 2 is 0.963 bits per heavy atom. The highest BCUT2D eigenvalue weighted by molar-refractivity contribution is 8.01. The van der Waals surface area contributed by atoms with Crippen molar-refractivity contribution >= 4 is 28.5 Å². The molecule has 0 heterocycles. The molecule has 0 saturated carbocycles. The van der Waals surface area contributed by atoms with Crippen LogP contribution in [0.15, 0.2) is 109 Å². The Morgan fingerprint density at radius 1 is 0.556 bits per heavy atom. The first kappa shape index (κ1) is 17.3. The summed E-state index contributed by atoms with van der Waals surface area (Å²) in [5, 5.41) is 27.1. The lowest BCUT2D eigenvalue weighted by Gasteiger charge is -2.28. The summed E-state index contributed by atoms with van der Waals surface area (Å²) < 4.78 is 0. The minimum atomic E-state index is -2.42. The number of rotatable bonds is 4. The average Bonchev–Trinajstić information content (AvgIpc) is 2.73. The molecule has 4 aromatic carbocycles. The van der Waals surface area contributed by atoms with E-state index in [9.17, 15) is 10.2 Å². The fraction of sp³-hybridized carbons (Fsp3) is 0. The van der Waals surface area contributed by atoms with Crippen LogP contribution in [0.5, 0.6) is 11.5 Å². The molecular weight excluding hydrogens is 351 g/mol. The van der Waals surface area contributed by atoms with Gasteiger partial charge in [0.1, 0.15) is 23.2 Å². The molecule has 4 rings (SSSR count). The van der Waals surface area contributed by atoms with Gasteiger partial charge in [-0.2, -0.15) is 0 Å². The van der Waals surface area contributed by atoms with Crippen LogP contribution in [0.25, 0.3) is 0 Å². The molecule has 1 N–H and O–H groups in total. The molecule has 0 aliphatic carbocycles. The quantitative estimate of drug-likeness (QED) is 0.561. The molecule has 0 fully saturated rings. The van der Waals surface area contributed by atoms with Gasteiger partial charge in [-0.15, -0.1) is 5.75 Å². The van der Waals surface area contributed by atoms with E-state index in [-0.39, 0.29) is 11.5 Å². The molecule has 0 aromatic heterocycles. The predicted octanol–water partition coefficient (Wildman–Crippen LogP) is 3.09. The van der Waals surface area contributed by atoms with E-state index >= 15 is 0 Å². The maximum atomic E-state index is 12.3. The van der Waals surface area contributed by atoms with Gasteiger partial charge in [0.2, 0.25) is 0 Å². The average molecular weight is 370 g/mol. The van der Waals surface area contributed by atoms with E-state index in [1.807, 2.05) is 54.6 Å². The van der Waals surface area contributed by atoms with Gasteiger partial charge in [0.15, 0.2) is 11.1 Å². The van der Waals surface area contributed by atoms with Gasteiger partial charge in [0.05, 0.1) is 0 Å². The van der Waals surface area contributed by atoms with E-state index in [0.717, 1.165) is 15.9 Å². The van der Waals surface area contributed by atoms with Crippen LogP contribution in [0.1, 0.15) is 0 Å². The van der Waals surface area contributed by atoms with Crippen molar-refractivity contribution in [3.05, 3.63) is 109 Å². The van der Waals surface area contributed by atoms with E-state index in [1.54, 1.807) is 6.07 Å². The number of hydrogen-bond donors (Lipinski definition) is 1. The predicted molar refractivity (Wildman–Crippen MR) is 112 cm³/mol. The lowest BCUT2D eigenvalue weighted by molar-refractivity contribution is -0.268. The Morgan fingerprint density at radius 3 is 1.37 bits per heavy atom. The highest BCUT2D eigenvalue weighted by Crippen LogP contribution is 2.56. The van der Waals surface area contributed by atoms with Gasteiger partial charge in [-0.25, -0.2) is 0 Å². The number of phenolic OH excluding ortho intramolecular Hbond substituents is 1. The summed E-state index contributed by atoms with van der Waals surface area (Å²) >= 11 is 0. The smallest absolute Gasteiger partial charge is 0.159 e. The summed E-state index contributed by atoms with van der Waals surface area (Å²) in [7, 11) is -2.42. The Hall–Kier alpha value is -3.09. The van der Waals surface area contributed by atoms with Gasteiger partial charge in [-0.3, -0.25) is 0 Å². The molecular formula is C24H19O2P. The Labute approximate surface area is 159 Å². The molecule has 0 radical (unpaired) electrons. The van der Waals surface area contributed by atoms with E-state index in [4.69, 9.17) is 0 Å². The second kappa shape index (κ2) is 7.26. The third kappa shape index (κ3) is 2.99. The van der Waals surface area contributed by atoms with Crippen molar-refractivity contribution in [3.63, 3.8) is 0 Å². The fourth-order valence-corrected chi connectivity index (χ4v) is 7.92. The molecule has 4 aromatic rings. The summed E-state index contributed by atoms with van der Waals surface area (Å²) in [6, 6.07) is 35.0. The molecule has 0 aliphatic heterocycles.